The molecule has 0 aliphatic carbocycles. The zero-order valence-electron chi connectivity index (χ0n) is 8.97. The number of hydrogen-bond donors (Lipinski definition) is 4. The fourth-order valence-electron chi connectivity index (χ4n) is 0.935. The summed E-state index contributed by atoms with van der Waals surface area (Å²) in [5, 5.41) is 19.9. The van der Waals surface area contributed by atoms with Crippen LogP contribution in [0.5, 0.6) is 0 Å². The second-order valence-corrected chi connectivity index (χ2v) is 3.90. The highest BCUT2D eigenvalue weighted by Gasteiger charge is 2.18. The number of nitrogens with two attached hydrogens (primary N) is 1. The Labute approximate surface area is 98.8 Å². The standard InChI is InChI=1S/C9H16N2O4S/c1-5(12)9(10)6(13)2-3-7(16)11-4-8(14)15/h5,9,12H,2-4,10H2,1H3,(H,11,16)(H,14,15)/t5-,9+/m1/s1. The first-order valence-electron chi connectivity index (χ1n) is 4.79. The van der Waals surface area contributed by atoms with E-state index in [1.807, 2.05) is 0 Å². The summed E-state index contributed by atoms with van der Waals surface area (Å²) >= 11 is 4.81. The van der Waals surface area contributed by atoms with E-state index in [0.29, 0.717) is 4.99 Å². The van der Waals surface area contributed by atoms with Crippen LogP contribution in [-0.4, -0.2) is 45.6 Å². The van der Waals surface area contributed by atoms with Crippen molar-refractivity contribution >= 4 is 29.0 Å². The fourth-order valence-corrected chi connectivity index (χ4v) is 1.11. The molecule has 0 heterocycles. The molecule has 0 aliphatic heterocycles. The maximum Gasteiger partial charge on any atom is 0.322 e. The van der Waals surface area contributed by atoms with Gasteiger partial charge in [0.05, 0.1) is 17.1 Å². The summed E-state index contributed by atoms with van der Waals surface area (Å²) in [7, 11) is 0. The third kappa shape index (κ3) is 6.44. The molecule has 2 atom stereocenters. The van der Waals surface area contributed by atoms with E-state index in [1.165, 1.54) is 6.92 Å². The number of aliphatic hydroxyl groups excluding tert-OH is 1. The van der Waals surface area contributed by atoms with Crippen molar-refractivity contribution in [1.29, 1.82) is 0 Å². The lowest BCUT2D eigenvalue weighted by molar-refractivity contribution is -0.135. The lowest BCUT2D eigenvalue weighted by Crippen LogP contribution is -2.40. The van der Waals surface area contributed by atoms with Gasteiger partial charge >= 0.3 is 5.97 Å². The van der Waals surface area contributed by atoms with Gasteiger partial charge in [-0.25, -0.2) is 0 Å². The molecule has 0 bridgehead atoms. The monoisotopic (exact) mass is 248 g/mol. The van der Waals surface area contributed by atoms with Crippen LogP contribution in [0, 0.1) is 0 Å². The molecule has 6 nitrogen and oxygen atoms in total. The molecule has 0 aromatic rings. The summed E-state index contributed by atoms with van der Waals surface area (Å²) in [6, 6.07) is -0.915. The van der Waals surface area contributed by atoms with Gasteiger partial charge in [-0.3, -0.25) is 9.59 Å². The van der Waals surface area contributed by atoms with E-state index in [9.17, 15) is 9.59 Å². The second-order valence-electron chi connectivity index (χ2n) is 3.40. The normalized spacial score (nSPS) is 13.9. The van der Waals surface area contributed by atoms with E-state index in [4.69, 9.17) is 28.2 Å². The molecule has 0 aliphatic rings. The first kappa shape index (κ1) is 14.9. The first-order chi connectivity index (χ1) is 7.34. The molecule has 0 amide bonds. The Morgan fingerprint density at radius 3 is 2.44 bits per heavy atom. The van der Waals surface area contributed by atoms with Gasteiger partial charge in [0, 0.05) is 12.8 Å². The SMILES string of the molecule is C[C@@H](O)[C@H](N)C(=O)CCC(=S)NCC(=O)O. The number of carbonyl (C=O) groups excluding carboxylic acids is 1. The minimum atomic E-state index is -1.02. The maximum atomic E-state index is 11.3. The Balaban J connectivity index is 3.83. The number of Topliss-reactive ketones (excluding diaryl/α,β-unsaturated/α-hetero) is 1. The Morgan fingerprint density at radius 2 is 2.00 bits per heavy atom. The highest BCUT2D eigenvalue weighted by Crippen LogP contribution is 1.99. The summed E-state index contributed by atoms with van der Waals surface area (Å²) in [6.45, 7) is 1.17. The summed E-state index contributed by atoms with van der Waals surface area (Å²) in [4.78, 5) is 21.8. The Kier molecular flexibility index (Phi) is 6.78. The van der Waals surface area contributed by atoms with E-state index in [1.54, 1.807) is 0 Å². The van der Waals surface area contributed by atoms with Crippen molar-refractivity contribution in [2.75, 3.05) is 6.54 Å². The molecule has 0 saturated carbocycles. The van der Waals surface area contributed by atoms with Gasteiger partial charge in [-0.1, -0.05) is 12.2 Å². The van der Waals surface area contributed by atoms with Gasteiger partial charge in [-0.05, 0) is 6.92 Å². The van der Waals surface area contributed by atoms with Gasteiger partial charge in [0.15, 0.2) is 5.78 Å². The molecule has 16 heavy (non-hydrogen) atoms. The minimum absolute atomic E-state index is 0.0948. The van der Waals surface area contributed by atoms with E-state index < -0.39 is 18.1 Å². The summed E-state index contributed by atoms with van der Waals surface area (Å²) < 4.78 is 0. The van der Waals surface area contributed by atoms with Crippen molar-refractivity contribution in [3.8, 4) is 0 Å². The molecular weight excluding hydrogens is 232 g/mol. The van der Waals surface area contributed by atoms with Crippen LogP contribution in [0.15, 0.2) is 0 Å². The van der Waals surface area contributed by atoms with E-state index in [2.05, 4.69) is 5.32 Å². The van der Waals surface area contributed by atoms with E-state index in [-0.39, 0.29) is 25.2 Å². The number of carboxylic acids is 1. The molecule has 0 aromatic carbocycles. The zero-order chi connectivity index (χ0) is 12.7. The third-order valence-corrected chi connectivity index (χ3v) is 2.28. The maximum absolute atomic E-state index is 11.3. The number of hydrogen-bond acceptors (Lipinski definition) is 5. The van der Waals surface area contributed by atoms with Crippen molar-refractivity contribution in [1.82, 2.24) is 5.32 Å². The zero-order valence-corrected chi connectivity index (χ0v) is 9.79. The van der Waals surface area contributed by atoms with Crippen LogP contribution in [0.25, 0.3) is 0 Å². The lowest BCUT2D eigenvalue weighted by atomic mass is 10.0. The van der Waals surface area contributed by atoms with Crippen molar-refractivity contribution in [3.05, 3.63) is 0 Å². The van der Waals surface area contributed by atoms with E-state index in [0.717, 1.165) is 0 Å². The van der Waals surface area contributed by atoms with E-state index >= 15 is 0 Å². The predicted molar refractivity (Wildman–Crippen MR) is 62.1 cm³/mol. The number of rotatable bonds is 7. The van der Waals surface area contributed by atoms with Gasteiger partial charge < -0.3 is 21.3 Å². The lowest BCUT2D eigenvalue weighted by Gasteiger charge is -2.13. The molecule has 92 valence electrons. The number of ketones is 1. The largest absolute Gasteiger partial charge is 0.480 e. The quantitative estimate of drug-likeness (QED) is 0.429. The van der Waals surface area contributed by atoms with Crippen molar-refractivity contribution in [3.63, 3.8) is 0 Å². The molecule has 7 heteroatoms. The van der Waals surface area contributed by atoms with Gasteiger partial charge in [0.1, 0.15) is 6.54 Å². The first-order valence-corrected chi connectivity index (χ1v) is 5.20. The number of nitrogens with one attached hydrogen (secondary N) is 1. The molecule has 0 saturated heterocycles. The minimum Gasteiger partial charge on any atom is -0.480 e. The molecule has 0 aromatic heterocycles. The fraction of sp³-hybridized carbons (Fsp3) is 0.667. The molecule has 0 radical (unpaired) electrons. The molecule has 0 unspecified atom stereocenters. The summed E-state index contributed by atoms with van der Waals surface area (Å²) in [5.74, 6) is -1.32. The van der Waals surface area contributed by atoms with Crippen molar-refractivity contribution in [2.24, 2.45) is 5.73 Å². The Hall–Kier alpha value is -1.05. The summed E-state index contributed by atoms with van der Waals surface area (Å²) in [5.41, 5.74) is 5.41. The number of carboxylic acid groups (broad SMARTS) is 1. The highest BCUT2D eigenvalue weighted by molar-refractivity contribution is 7.80. The van der Waals surface area contributed by atoms with Crippen LogP contribution in [0.1, 0.15) is 19.8 Å². The number of aliphatic hydroxyl groups is 1. The topological polar surface area (TPSA) is 113 Å². The second kappa shape index (κ2) is 7.26. The molecule has 0 fully saturated rings. The van der Waals surface area contributed by atoms with Gasteiger partial charge in [-0.2, -0.15) is 0 Å². The predicted octanol–water partition coefficient (Wildman–Crippen LogP) is -0.955. The van der Waals surface area contributed by atoms with Crippen LogP contribution >= 0.6 is 12.2 Å². The van der Waals surface area contributed by atoms with Gasteiger partial charge in [0.25, 0.3) is 0 Å². The number of thiocarbonyl (C=S) groups is 1. The van der Waals surface area contributed by atoms with Crippen LogP contribution in [-0.2, 0) is 9.59 Å². The average molecular weight is 248 g/mol. The van der Waals surface area contributed by atoms with Crippen molar-refractivity contribution in [2.45, 2.75) is 31.9 Å². The molecule has 5 N–H and O–H groups in total. The van der Waals surface area contributed by atoms with Crippen LogP contribution in [0.4, 0.5) is 0 Å². The Morgan fingerprint density at radius 1 is 1.44 bits per heavy atom. The van der Waals surface area contributed by atoms with Gasteiger partial charge in [-0.15, -0.1) is 0 Å². The van der Waals surface area contributed by atoms with Crippen molar-refractivity contribution < 1.29 is 19.8 Å². The third-order valence-electron chi connectivity index (χ3n) is 1.93. The number of carbonyl (C=O) groups is 2. The molecule has 0 spiro atoms. The molecule has 0 rings (SSSR count). The van der Waals surface area contributed by atoms with Crippen LogP contribution < -0.4 is 11.1 Å². The van der Waals surface area contributed by atoms with Gasteiger partial charge in [0.2, 0.25) is 0 Å². The average Bonchev–Trinajstić information content (AvgIpc) is 2.21. The Bertz CT molecular complexity index is 281. The smallest absolute Gasteiger partial charge is 0.322 e. The molecular formula is C9H16N2O4S. The highest BCUT2D eigenvalue weighted by atomic mass is 32.1. The van der Waals surface area contributed by atoms with Crippen LogP contribution in [0.3, 0.4) is 0 Å². The summed E-state index contributed by atoms with van der Waals surface area (Å²) in [6.07, 6.45) is -0.563. The number of aliphatic carboxylic acids is 1. The van der Waals surface area contributed by atoms with Crippen LogP contribution in [0.2, 0.25) is 0 Å².